The van der Waals surface area contributed by atoms with E-state index in [4.69, 9.17) is 12.2 Å². The molecule has 0 bridgehead atoms. The molecule has 0 spiro atoms. The molecule has 1 fully saturated rings. The summed E-state index contributed by atoms with van der Waals surface area (Å²) in [6.45, 7) is 3.63. The van der Waals surface area contributed by atoms with Crippen LogP contribution in [0, 0.1) is 5.82 Å². The van der Waals surface area contributed by atoms with E-state index in [-0.39, 0.29) is 17.5 Å². The zero-order chi connectivity index (χ0) is 19.2. The molecular formula is C21H24FN3OS. The summed E-state index contributed by atoms with van der Waals surface area (Å²) in [6, 6.07) is 14.3. The summed E-state index contributed by atoms with van der Waals surface area (Å²) in [6.07, 6.45) is 2.56. The molecule has 4 nitrogen and oxygen atoms in total. The molecule has 1 heterocycles. The van der Waals surface area contributed by atoms with E-state index in [9.17, 15) is 9.18 Å². The first kappa shape index (κ1) is 19.3. The van der Waals surface area contributed by atoms with Crippen LogP contribution in [0.25, 0.3) is 0 Å². The van der Waals surface area contributed by atoms with Gasteiger partial charge in [-0.05, 0) is 61.3 Å². The van der Waals surface area contributed by atoms with Crippen LogP contribution in [0.2, 0.25) is 0 Å². The lowest BCUT2D eigenvalue weighted by Crippen LogP contribution is -2.47. The number of piperidine rings is 1. The molecule has 1 saturated heterocycles. The predicted molar refractivity (Wildman–Crippen MR) is 111 cm³/mol. The van der Waals surface area contributed by atoms with Crippen LogP contribution < -0.4 is 10.6 Å². The summed E-state index contributed by atoms with van der Waals surface area (Å²) >= 11 is 5.52. The van der Waals surface area contributed by atoms with E-state index in [0.717, 1.165) is 38.0 Å². The van der Waals surface area contributed by atoms with Gasteiger partial charge in [0.15, 0.2) is 5.11 Å². The fourth-order valence-corrected chi connectivity index (χ4v) is 3.46. The van der Waals surface area contributed by atoms with Gasteiger partial charge >= 0.3 is 0 Å². The Morgan fingerprint density at radius 2 is 1.81 bits per heavy atom. The number of carbonyl (C=O) groups excluding carboxylic acids is 1. The van der Waals surface area contributed by atoms with Crippen LogP contribution in [-0.4, -0.2) is 35.1 Å². The second kappa shape index (κ2) is 8.95. The maximum Gasteiger partial charge on any atom is 0.254 e. The quantitative estimate of drug-likeness (QED) is 0.782. The molecule has 0 radical (unpaired) electrons. The second-order valence-electron chi connectivity index (χ2n) is 6.70. The third kappa shape index (κ3) is 5.04. The molecule has 6 heteroatoms. The van der Waals surface area contributed by atoms with E-state index in [2.05, 4.69) is 34.6 Å². The number of carbonyl (C=O) groups is 1. The minimum atomic E-state index is -0.494. The molecule has 1 amide bonds. The predicted octanol–water partition coefficient (Wildman–Crippen LogP) is 3.98. The summed E-state index contributed by atoms with van der Waals surface area (Å²) in [4.78, 5) is 14.3. The van der Waals surface area contributed by atoms with E-state index >= 15 is 0 Å². The Morgan fingerprint density at radius 3 is 2.44 bits per heavy atom. The van der Waals surface area contributed by atoms with E-state index in [1.54, 1.807) is 12.1 Å². The first-order chi connectivity index (χ1) is 13.1. The van der Waals surface area contributed by atoms with Gasteiger partial charge in [0.2, 0.25) is 0 Å². The van der Waals surface area contributed by atoms with Crippen molar-refractivity contribution < 1.29 is 9.18 Å². The lowest BCUT2D eigenvalue weighted by atomic mass is 10.0. The Hall–Kier alpha value is -2.47. The molecular weight excluding hydrogens is 361 g/mol. The Bertz CT molecular complexity index is 801. The number of thiocarbonyl (C=S) groups is 1. The van der Waals surface area contributed by atoms with Gasteiger partial charge in [-0.3, -0.25) is 4.79 Å². The van der Waals surface area contributed by atoms with Gasteiger partial charge in [-0.2, -0.15) is 0 Å². The number of hydrogen-bond acceptors (Lipinski definition) is 2. The number of hydrogen-bond donors (Lipinski definition) is 2. The topological polar surface area (TPSA) is 44.4 Å². The number of likely N-dealkylation sites (tertiary alicyclic amines) is 1. The third-order valence-electron chi connectivity index (χ3n) is 4.85. The molecule has 3 rings (SSSR count). The van der Waals surface area contributed by atoms with Crippen molar-refractivity contribution in [2.75, 3.05) is 18.4 Å². The van der Waals surface area contributed by atoms with Crippen LogP contribution in [0.1, 0.15) is 35.7 Å². The fourth-order valence-electron chi connectivity index (χ4n) is 3.16. The van der Waals surface area contributed by atoms with Gasteiger partial charge in [0.1, 0.15) is 5.82 Å². The second-order valence-corrected chi connectivity index (χ2v) is 7.08. The zero-order valence-corrected chi connectivity index (χ0v) is 16.2. The monoisotopic (exact) mass is 385 g/mol. The molecule has 2 N–H and O–H groups in total. The molecule has 1 aliphatic heterocycles. The smallest absolute Gasteiger partial charge is 0.254 e. The number of benzene rings is 2. The molecule has 0 aliphatic carbocycles. The van der Waals surface area contributed by atoms with Crippen molar-refractivity contribution in [3.8, 4) is 0 Å². The Labute approximate surface area is 164 Å². The van der Waals surface area contributed by atoms with Crippen molar-refractivity contribution in [1.82, 2.24) is 10.2 Å². The van der Waals surface area contributed by atoms with Gasteiger partial charge in [-0.15, -0.1) is 0 Å². The summed E-state index contributed by atoms with van der Waals surface area (Å²) in [5.41, 5.74) is 2.36. The van der Waals surface area contributed by atoms with Crippen molar-refractivity contribution in [3.63, 3.8) is 0 Å². The number of nitrogens with one attached hydrogen (secondary N) is 2. The van der Waals surface area contributed by atoms with Gasteiger partial charge in [0.05, 0.1) is 5.56 Å². The van der Waals surface area contributed by atoms with Crippen LogP contribution >= 0.6 is 12.2 Å². The molecule has 0 unspecified atom stereocenters. The molecule has 0 saturated carbocycles. The average Bonchev–Trinajstić information content (AvgIpc) is 2.69. The summed E-state index contributed by atoms with van der Waals surface area (Å²) in [7, 11) is 0. The van der Waals surface area contributed by atoms with Crippen LogP contribution in [0.3, 0.4) is 0 Å². The number of anilines is 1. The molecule has 27 heavy (non-hydrogen) atoms. The lowest BCUT2D eigenvalue weighted by Gasteiger charge is -2.34. The van der Waals surface area contributed by atoms with Crippen molar-refractivity contribution in [2.45, 2.75) is 32.2 Å². The van der Waals surface area contributed by atoms with Crippen LogP contribution in [0.4, 0.5) is 10.1 Å². The maximum atomic E-state index is 13.7. The summed E-state index contributed by atoms with van der Waals surface area (Å²) in [5, 5.41) is 6.89. The zero-order valence-electron chi connectivity index (χ0n) is 15.4. The molecule has 0 aromatic heterocycles. The van der Waals surface area contributed by atoms with Crippen molar-refractivity contribution >= 4 is 28.9 Å². The van der Waals surface area contributed by atoms with Gasteiger partial charge in [-0.1, -0.05) is 31.2 Å². The number of aryl methyl sites for hydroxylation is 1. The molecule has 2 aromatic carbocycles. The minimum absolute atomic E-state index is 0.0278. The SMILES string of the molecule is CCc1ccc(NC(=S)N2CCC(NC(=O)c3ccccc3F)CC2)cc1. The van der Waals surface area contributed by atoms with Gasteiger partial charge in [-0.25, -0.2) is 4.39 Å². The standard InChI is InChI=1S/C21H24FN3OS/c1-2-15-7-9-16(10-8-15)24-21(27)25-13-11-17(12-14-25)23-20(26)18-5-3-4-6-19(18)22/h3-10,17H,2,11-14H2,1H3,(H,23,26)(H,24,27). The first-order valence-corrected chi connectivity index (χ1v) is 9.68. The highest BCUT2D eigenvalue weighted by atomic mass is 32.1. The maximum absolute atomic E-state index is 13.7. The van der Waals surface area contributed by atoms with E-state index in [1.807, 2.05) is 12.1 Å². The Morgan fingerprint density at radius 1 is 1.15 bits per heavy atom. The van der Waals surface area contributed by atoms with Gasteiger partial charge in [0.25, 0.3) is 5.91 Å². The lowest BCUT2D eigenvalue weighted by molar-refractivity contribution is 0.0918. The number of halogens is 1. The van der Waals surface area contributed by atoms with Crippen LogP contribution in [0.5, 0.6) is 0 Å². The minimum Gasteiger partial charge on any atom is -0.349 e. The van der Waals surface area contributed by atoms with Crippen molar-refractivity contribution in [1.29, 1.82) is 0 Å². The van der Waals surface area contributed by atoms with E-state index in [1.165, 1.54) is 17.7 Å². The number of rotatable bonds is 4. The van der Waals surface area contributed by atoms with E-state index < -0.39 is 5.82 Å². The van der Waals surface area contributed by atoms with Crippen molar-refractivity contribution in [3.05, 3.63) is 65.5 Å². The molecule has 1 aliphatic rings. The van der Waals surface area contributed by atoms with E-state index in [0.29, 0.717) is 5.11 Å². The summed E-state index contributed by atoms with van der Waals surface area (Å²) in [5.74, 6) is -0.852. The van der Waals surface area contributed by atoms with Crippen LogP contribution in [0.15, 0.2) is 48.5 Å². The number of nitrogens with zero attached hydrogens (tertiary/aromatic N) is 1. The first-order valence-electron chi connectivity index (χ1n) is 9.27. The third-order valence-corrected chi connectivity index (χ3v) is 5.21. The molecule has 142 valence electrons. The van der Waals surface area contributed by atoms with Crippen LogP contribution in [-0.2, 0) is 6.42 Å². The normalized spacial score (nSPS) is 14.7. The van der Waals surface area contributed by atoms with Gasteiger partial charge in [0, 0.05) is 24.8 Å². The average molecular weight is 386 g/mol. The fraction of sp³-hybridized carbons (Fsp3) is 0.333. The highest BCUT2D eigenvalue weighted by Gasteiger charge is 2.23. The highest BCUT2D eigenvalue weighted by molar-refractivity contribution is 7.80. The van der Waals surface area contributed by atoms with Crippen molar-refractivity contribution in [2.24, 2.45) is 0 Å². The van der Waals surface area contributed by atoms with Gasteiger partial charge < -0.3 is 15.5 Å². The Balaban J connectivity index is 1.48. The molecule has 2 aromatic rings. The molecule has 0 atom stereocenters. The Kier molecular flexibility index (Phi) is 6.40. The highest BCUT2D eigenvalue weighted by Crippen LogP contribution is 2.16. The summed E-state index contributed by atoms with van der Waals surface area (Å²) < 4.78 is 13.7. The largest absolute Gasteiger partial charge is 0.349 e. The number of amides is 1.